The van der Waals surface area contributed by atoms with Gasteiger partial charge in [0.1, 0.15) is 5.82 Å². The van der Waals surface area contributed by atoms with E-state index in [9.17, 15) is 4.79 Å². The molecule has 4 nitrogen and oxygen atoms in total. The van der Waals surface area contributed by atoms with Crippen LogP contribution in [0.3, 0.4) is 0 Å². The molecule has 1 heterocycles. The Morgan fingerprint density at radius 2 is 2.22 bits per heavy atom. The Bertz CT molecular complexity index is 452. The topological polar surface area (TPSA) is 68.0 Å². The van der Waals surface area contributed by atoms with Gasteiger partial charge in [0, 0.05) is 16.8 Å². The van der Waals surface area contributed by atoms with Gasteiger partial charge in [-0.05, 0) is 44.7 Å². The minimum atomic E-state index is -0.0383. The first-order valence-electron chi connectivity index (χ1n) is 6.61. The summed E-state index contributed by atoms with van der Waals surface area (Å²) in [6, 6.07) is 3.49. The first-order chi connectivity index (χ1) is 8.52. The van der Waals surface area contributed by atoms with Crippen molar-refractivity contribution in [2.75, 3.05) is 5.73 Å². The fourth-order valence-corrected chi connectivity index (χ4v) is 2.30. The van der Waals surface area contributed by atoms with Gasteiger partial charge in [-0.2, -0.15) is 0 Å². The van der Waals surface area contributed by atoms with Crippen LogP contribution in [0.25, 0.3) is 0 Å². The molecule has 1 aromatic heterocycles. The number of carbonyl (C=O) groups is 1. The Morgan fingerprint density at radius 3 is 2.78 bits per heavy atom. The molecule has 98 valence electrons. The number of nitrogens with two attached hydrogens (primary N) is 1. The third kappa shape index (κ3) is 2.81. The van der Waals surface area contributed by atoms with E-state index in [1.165, 1.54) is 6.42 Å². The van der Waals surface area contributed by atoms with Crippen LogP contribution < -0.4 is 11.1 Å². The molecular formula is C14H21N3O. The molecule has 0 atom stereocenters. The smallest absolute Gasteiger partial charge is 0.251 e. The molecule has 0 unspecified atom stereocenters. The van der Waals surface area contributed by atoms with Crippen LogP contribution in [0.4, 0.5) is 5.82 Å². The molecule has 1 aliphatic carbocycles. The molecule has 1 saturated carbocycles. The Kier molecular flexibility index (Phi) is 3.55. The number of hydrogen-bond acceptors (Lipinski definition) is 3. The fraction of sp³-hybridized carbons (Fsp3) is 0.571. The van der Waals surface area contributed by atoms with Gasteiger partial charge in [-0.3, -0.25) is 4.79 Å². The van der Waals surface area contributed by atoms with Gasteiger partial charge in [0.25, 0.3) is 5.91 Å². The van der Waals surface area contributed by atoms with E-state index < -0.39 is 0 Å². The summed E-state index contributed by atoms with van der Waals surface area (Å²) in [5.41, 5.74) is 7.23. The molecule has 1 amide bonds. The van der Waals surface area contributed by atoms with E-state index in [0.717, 1.165) is 31.4 Å². The van der Waals surface area contributed by atoms with Gasteiger partial charge < -0.3 is 11.1 Å². The van der Waals surface area contributed by atoms with Crippen LogP contribution in [0.15, 0.2) is 12.1 Å². The van der Waals surface area contributed by atoms with Crippen LogP contribution in [0.1, 0.15) is 55.6 Å². The van der Waals surface area contributed by atoms with Crippen LogP contribution >= 0.6 is 0 Å². The predicted octanol–water partition coefficient (Wildman–Crippen LogP) is 2.29. The first kappa shape index (κ1) is 12.9. The zero-order valence-corrected chi connectivity index (χ0v) is 11.1. The fourth-order valence-electron chi connectivity index (χ4n) is 2.30. The largest absolute Gasteiger partial charge is 0.384 e. The summed E-state index contributed by atoms with van der Waals surface area (Å²) >= 11 is 0. The third-order valence-corrected chi connectivity index (χ3v) is 3.54. The van der Waals surface area contributed by atoms with Crippen molar-refractivity contribution in [2.24, 2.45) is 0 Å². The van der Waals surface area contributed by atoms with E-state index in [1.54, 1.807) is 6.07 Å². The number of nitrogens with one attached hydrogen (secondary N) is 1. The van der Waals surface area contributed by atoms with E-state index in [4.69, 9.17) is 5.73 Å². The molecule has 4 heteroatoms. The molecule has 0 radical (unpaired) electrons. The number of anilines is 1. The third-order valence-electron chi connectivity index (χ3n) is 3.54. The molecule has 1 aliphatic rings. The summed E-state index contributed by atoms with van der Waals surface area (Å²) in [6.07, 6.45) is 5.15. The van der Waals surface area contributed by atoms with Gasteiger partial charge in [0.15, 0.2) is 0 Å². The summed E-state index contributed by atoms with van der Waals surface area (Å²) in [7, 11) is 0. The van der Waals surface area contributed by atoms with Crippen molar-refractivity contribution in [1.29, 1.82) is 0 Å². The van der Waals surface area contributed by atoms with Crippen LogP contribution in [0, 0.1) is 0 Å². The number of nitrogens with zero attached hydrogens (tertiary/aromatic N) is 1. The minimum absolute atomic E-state index is 0.0277. The highest BCUT2D eigenvalue weighted by atomic mass is 16.1. The zero-order valence-electron chi connectivity index (χ0n) is 11.1. The van der Waals surface area contributed by atoms with Crippen LogP contribution in [0.2, 0.25) is 0 Å². The second-order valence-electron chi connectivity index (χ2n) is 5.39. The van der Waals surface area contributed by atoms with Gasteiger partial charge >= 0.3 is 0 Å². The zero-order chi connectivity index (χ0) is 13.2. The van der Waals surface area contributed by atoms with Gasteiger partial charge in [-0.15, -0.1) is 0 Å². The molecule has 2 rings (SSSR count). The second-order valence-corrected chi connectivity index (χ2v) is 5.39. The number of hydrogen-bond donors (Lipinski definition) is 2. The molecule has 1 fully saturated rings. The molecule has 1 aromatic rings. The maximum absolute atomic E-state index is 12.2. The average Bonchev–Trinajstić information content (AvgIpc) is 2.26. The van der Waals surface area contributed by atoms with Crippen molar-refractivity contribution in [3.8, 4) is 0 Å². The van der Waals surface area contributed by atoms with Crippen molar-refractivity contribution in [3.05, 3.63) is 23.4 Å². The number of carbonyl (C=O) groups excluding carboxylic acids is 1. The number of amides is 1. The molecule has 0 bridgehead atoms. The molecule has 0 aliphatic heterocycles. The number of aromatic nitrogens is 1. The number of aryl methyl sites for hydroxylation is 1. The van der Waals surface area contributed by atoms with E-state index >= 15 is 0 Å². The normalized spacial score (nSPS) is 17.0. The van der Waals surface area contributed by atoms with E-state index in [0.29, 0.717) is 11.4 Å². The Hall–Kier alpha value is -1.58. The van der Waals surface area contributed by atoms with Gasteiger partial charge in [-0.25, -0.2) is 4.98 Å². The Morgan fingerprint density at radius 1 is 1.50 bits per heavy atom. The standard InChI is InChI=1S/C14H21N3O/c1-3-5-11-8-10(9-12(15)16-11)13(18)17-14(2)6-4-7-14/h8-9H,3-7H2,1-2H3,(H2,15,16)(H,17,18). The molecule has 18 heavy (non-hydrogen) atoms. The maximum Gasteiger partial charge on any atom is 0.251 e. The lowest BCUT2D eigenvalue weighted by Crippen LogP contribution is -2.50. The monoisotopic (exact) mass is 247 g/mol. The Balaban J connectivity index is 2.13. The van der Waals surface area contributed by atoms with Crippen LogP contribution in [0.5, 0.6) is 0 Å². The van der Waals surface area contributed by atoms with Crippen LogP contribution in [-0.2, 0) is 6.42 Å². The highest BCUT2D eigenvalue weighted by Gasteiger charge is 2.33. The van der Waals surface area contributed by atoms with Crippen LogP contribution in [-0.4, -0.2) is 16.4 Å². The second kappa shape index (κ2) is 4.96. The molecule has 0 aromatic carbocycles. The number of rotatable bonds is 4. The van der Waals surface area contributed by atoms with Crippen molar-refractivity contribution >= 4 is 11.7 Å². The number of pyridine rings is 1. The van der Waals surface area contributed by atoms with E-state index in [2.05, 4.69) is 24.1 Å². The summed E-state index contributed by atoms with van der Waals surface area (Å²) in [6.45, 7) is 4.17. The van der Waals surface area contributed by atoms with Crippen molar-refractivity contribution < 1.29 is 4.79 Å². The summed E-state index contributed by atoms with van der Waals surface area (Å²) in [5, 5.41) is 3.08. The highest BCUT2D eigenvalue weighted by Crippen LogP contribution is 2.31. The summed E-state index contributed by atoms with van der Waals surface area (Å²) < 4.78 is 0. The lowest BCUT2D eigenvalue weighted by Gasteiger charge is -2.39. The predicted molar refractivity (Wildman–Crippen MR) is 72.4 cm³/mol. The summed E-state index contributed by atoms with van der Waals surface area (Å²) in [5.74, 6) is 0.383. The molecule has 3 N–H and O–H groups in total. The SMILES string of the molecule is CCCc1cc(C(=O)NC2(C)CCC2)cc(N)n1. The van der Waals surface area contributed by atoms with Crippen molar-refractivity contribution in [1.82, 2.24) is 10.3 Å². The van der Waals surface area contributed by atoms with Crippen molar-refractivity contribution in [3.63, 3.8) is 0 Å². The lowest BCUT2D eigenvalue weighted by atomic mass is 9.78. The Labute approximate surface area is 108 Å². The molecular weight excluding hydrogens is 226 g/mol. The maximum atomic E-state index is 12.2. The quantitative estimate of drug-likeness (QED) is 0.857. The highest BCUT2D eigenvalue weighted by molar-refractivity contribution is 5.95. The molecule has 0 spiro atoms. The van der Waals surface area contributed by atoms with E-state index in [1.807, 2.05) is 6.07 Å². The van der Waals surface area contributed by atoms with E-state index in [-0.39, 0.29) is 11.4 Å². The lowest BCUT2D eigenvalue weighted by molar-refractivity contribution is 0.0850. The average molecular weight is 247 g/mol. The molecule has 0 saturated heterocycles. The summed E-state index contributed by atoms with van der Waals surface area (Å²) in [4.78, 5) is 16.4. The van der Waals surface area contributed by atoms with Crippen molar-refractivity contribution in [2.45, 2.75) is 51.5 Å². The van der Waals surface area contributed by atoms with Gasteiger partial charge in [-0.1, -0.05) is 13.3 Å². The number of nitrogen functional groups attached to an aromatic ring is 1. The minimum Gasteiger partial charge on any atom is -0.384 e. The van der Waals surface area contributed by atoms with Gasteiger partial charge in [0.05, 0.1) is 0 Å². The first-order valence-corrected chi connectivity index (χ1v) is 6.61. The van der Waals surface area contributed by atoms with Gasteiger partial charge in [0.2, 0.25) is 0 Å².